The lowest BCUT2D eigenvalue weighted by molar-refractivity contribution is -0.218. The predicted molar refractivity (Wildman–Crippen MR) is 126 cm³/mol. The van der Waals surface area contributed by atoms with Crippen LogP contribution in [0.1, 0.15) is 37.8 Å². The summed E-state index contributed by atoms with van der Waals surface area (Å²) in [5.74, 6) is -2.02. The molecule has 0 unspecified atom stereocenters. The Hall–Kier alpha value is -3.38. The fraction of sp³-hybridized carbons (Fsp3) is 0.231. The van der Waals surface area contributed by atoms with Crippen molar-refractivity contribution in [1.29, 1.82) is 0 Å². The highest BCUT2D eigenvalue weighted by atomic mass is 32.1. The molecule has 0 saturated carbocycles. The molecule has 3 aromatic carbocycles. The van der Waals surface area contributed by atoms with Crippen LogP contribution in [0.25, 0.3) is 20.2 Å². The molecule has 32 heavy (non-hydrogen) atoms. The number of ether oxygens (including phenoxy) is 3. The van der Waals surface area contributed by atoms with Gasteiger partial charge in [-0.2, -0.15) is 0 Å². The minimum absolute atomic E-state index is 0.141. The Balaban J connectivity index is 2.07. The van der Waals surface area contributed by atoms with Gasteiger partial charge < -0.3 is 14.2 Å². The highest BCUT2D eigenvalue weighted by Gasteiger charge is 2.44. The summed E-state index contributed by atoms with van der Waals surface area (Å²) in [7, 11) is 1.58. The van der Waals surface area contributed by atoms with Gasteiger partial charge in [0.05, 0.1) is 12.7 Å². The van der Waals surface area contributed by atoms with E-state index < -0.39 is 17.7 Å². The summed E-state index contributed by atoms with van der Waals surface area (Å²) in [4.78, 5) is 25.3. The first-order valence-electron chi connectivity index (χ1n) is 10.5. The quantitative estimate of drug-likeness (QED) is 0.250. The normalized spacial score (nSPS) is 11.5. The van der Waals surface area contributed by atoms with E-state index >= 15 is 0 Å². The van der Waals surface area contributed by atoms with E-state index in [0.29, 0.717) is 16.9 Å². The third kappa shape index (κ3) is 3.82. The van der Waals surface area contributed by atoms with Crippen molar-refractivity contribution in [3.8, 4) is 5.75 Å². The van der Waals surface area contributed by atoms with Crippen molar-refractivity contribution in [2.24, 2.45) is 0 Å². The summed E-state index contributed by atoms with van der Waals surface area (Å²) in [5, 5.41) is 1.91. The van der Waals surface area contributed by atoms with Crippen molar-refractivity contribution in [3.63, 3.8) is 0 Å². The maximum Gasteiger partial charge on any atom is 0.311 e. The van der Waals surface area contributed by atoms with E-state index in [1.54, 1.807) is 56.6 Å². The first-order valence-corrected chi connectivity index (χ1v) is 11.3. The molecule has 5 nitrogen and oxygen atoms in total. The molecule has 0 aliphatic carbocycles. The van der Waals surface area contributed by atoms with Crippen molar-refractivity contribution in [2.45, 2.75) is 32.5 Å². The van der Waals surface area contributed by atoms with Gasteiger partial charge in [-0.05, 0) is 36.4 Å². The fourth-order valence-electron chi connectivity index (χ4n) is 3.73. The number of rotatable bonds is 7. The van der Waals surface area contributed by atoms with E-state index in [-0.39, 0.29) is 12.8 Å². The maximum absolute atomic E-state index is 12.7. The fourth-order valence-corrected chi connectivity index (χ4v) is 4.86. The Labute approximate surface area is 190 Å². The van der Waals surface area contributed by atoms with Crippen LogP contribution in [0.2, 0.25) is 0 Å². The first-order chi connectivity index (χ1) is 15.5. The van der Waals surface area contributed by atoms with Crippen LogP contribution in [0.5, 0.6) is 5.75 Å². The molecule has 6 heteroatoms. The molecule has 0 fully saturated rings. The summed E-state index contributed by atoms with van der Waals surface area (Å²) >= 11 is 1.64. The summed E-state index contributed by atoms with van der Waals surface area (Å²) in [6.45, 7) is 3.42. The smallest absolute Gasteiger partial charge is 0.311 e. The second-order valence-electron chi connectivity index (χ2n) is 7.28. The molecule has 0 radical (unpaired) electrons. The van der Waals surface area contributed by atoms with Gasteiger partial charge in [0.1, 0.15) is 5.75 Å². The van der Waals surface area contributed by atoms with Gasteiger partial charge in [-0.25, -0.2) is 0 Å². The van der Waals surface area contributed by atoms with Crippen LogP contribution in [0.4, 0.5) is 0 Å². The topological polar surface area (TPSA) is 61.8 Å². The maximum atomic E-state index is 12.7. The second-order valence-corrected chi connectivity index (χ2v) is 8.36. The predicted octanol–water partition coefficient (Wildman–Crippen LogP) is 6.17. The number of esters is 2. The van der Waals surface area contributed by atoms with Crippen molar-refractivity contribution in [3.05, 3.63) is 77.9 Å². The van der Waals surface area contributed by atoms with Crippen LogP contribution < -0.4 is 4.74 Å². The van der Waals surface area contributed by atoms with E-state index in [2.05, 4.69) is 6.07 Å². The molecule has 0 bridgehead atoms. The van der Waals surface area contributed by atoms with E-state index in [9.17, 15) is 9.59 Å². The number of fused-ring (bicyclic) bond motifs is 3. The van der Waals surface area contributed by atoms with Gasteiger partial charge in [-0.3, -0.25) is 9.59 Å². The highest BCUT2D eigenvalue weighted by molar-refractivity contribution is 7.25. The van der Waals surface area contributed by atoms with Crippen LogP contribution in [0.3, 0.4) is 0 Å². The zero-order valence-corrected chi connectivity index (χ0v) is 19.0. The van der Waals surface area contributed by atoms with Gasteiger partial charge in [0.15, 0.2) is 0 Å². The average Bonchev–Trinajstić information content (AvgIpc) is 3.22. The van der Waals surface area contributed by atoms with Gasteiger partial charge in [-0.1, -0.05) is 44.2 Å². The van der Waals surface area contributed by atoms with Gasteiger partial charge >= 0.3 is 17.7 Å². The number of benzene rings is 3. The van der Waals surface area contributed by atoms with Crippen molar-refractivity contribution in [2.75, 3.05) is 7.11 Å². The largest absolute Gasteiger partial charge is 0.497 e. The molecule has 1 heterocycles. The van der Waals surface area contributed by atoms with Gasteiger partial charge in [0, 0.05) is 38.6 Å². The Kier molecular flexibility index (Phi) is 6.15. The molecule has 0 amide bonds. The minimum Gasteiger partial charge on any atom is -0.497 e. The van der Waals surface area contributed by atoms with Crippen LogP contribution in [-0.4, -0.2) is 19.0 Å². The SMILES string of the molecule is CCC(=O)OC(OC(=O)CC)(c1ccc(OC)cc1)c1cccc2sc3ccccc3c12. The number of carbonyl (C=O) groups excluding carboxylic acids is 2. The average molecular weight is 449 g/mol. The standard InChI is InChI=1S/C26H24O5S/c1-4-23(27)30-26(31-24(28)5-2,17-13-15-18(29-3)16-14-17)20-10-8-12-22-25(20)19-9-6-7-11-21(19)32-22/h6-16H,4-5H2,1-3H3. The molecule has 0 saturated heterocycles. The van der Waals surface area contributed by atoms with Crippen molar-refractivity contribution >= 4 is 43.4 Å². The lowest BCUT2D eigenvalue weighted by Crippen LogP contribution is -2.39. The van der Waals surface area contributed by atoms with Crippen LogP contribution in [0, 0.1) is 0 Å². The molecule has 4 aromatic rings. The third-order valence-corrected chi connectivity index (χ3v) is 6.46. The molecular formula is C26H24O5S. The van der Waals surface area contributed by atoms with E-state index in [1.165, 1.54) is 0 Å². The minimum atomic E-state index is -1.73. The molecule has 164 valence electrons. The summed E-state index contributed by atoms with van der Waals surface area (Å²) in [6.07, 6.45) is 0.282. The zero-order valence-electron chi connectivity index (χ0n) is 18.2. The lowest BCUT2D eigenvalue weighted by Gasteiger charge is -2.34. The van der Waals surface area contributed by atoms with E-state index in [1.807, 2.05) is 36.4 Å². The van der Waals surface area contributed by atoms with Gasteiger partial charge in [0.2, 0.25) is 0 Å². The zero-order chi connectivity index (χ0) is 22.7. The molecule has 0 aliphatic rings. The number of carbonyl (C=O) groups is 2. The molecule has 0 N–H and O–H groups in total. The van der Waals surface area contributed by atoms with Crippen molar-refractivity contribution in [1.82, 2.24) is 0 Å². The van der Waals surface area contributed by atoms with Crippen LogP contribution >= 0.6 is 11.3 Å². The molecule has 0 atom stereocenters. The van der Waals surface area contributed by atoms with Gasteiger partial charge in [-0.15, -0.1) is 11.3 Å². The first kappa shape index (κ1) is 21.8. The second kappa shape index (κ2) is 9.01. The Morgan fingerprint density at radius 1 is 0.812 bits per heavy atom. The molecule has 4 rings (SSSR count). The molecule has 1 aromatic heterocycles. The highest BCUT2D eigenvalue weighted by Crippen LogP contribution is 2.45. The van der Waals surface area contributed by atoms with Crippen molar-refractivity contribution < 1.29 is 23.8 Å². The molecular weight excluding hydrogens is 424 g/mol. The van der Waals surface area contributed by atoms with Gasteiger partial charge in [0.25, 0.3) is 0 Å². The third-order valence-electron chi connectivity index (χ3n) is 5.32. The summed E-state index contributed by atoms with van der Waals surface area (Å²) < 4.78 is 19.4. The number of hydrogen-bond donors (Lipinski definition) is 0. The van der Waals surface area contributed by atoms with E-state index in [4.69, 9.17) is 14.2 Å². The number of thiophene rings is 1. The summed E-state index contributed by atoms with van der Waals surface area (Å²) in [5.41, 5.74) is 1.14. The van der Waals surface area contributed by atoms with Crippen LogP contribution in [0.15, 0.2) is 66.7 Å². The van der Waals surface area contributed by atoms with E-state index in [0.717, 1.165) is 20.2 Å². The Bertz CT molecular complexity index is 1250. The Morgan fingerprint density at radius 2 is 1.44 bits per heavy atom. The Morgan fingerprint density at radius 3 is 2.06 bits per heavy atom. The molecule has 0 spiro atoms. The van der Waals surface area contributed by atoms with Crippen LogP contribution in [-0.2, 0) is 24.8 Å². The number of hydrogen-bond acceptors (Lipinski definition) is 6. The molecule has 0 aliphatic heterocycles. The number of methoxy groups -OCH3 is 1. The monoisotopic (exact) mass is 448 g/mol. The summed E-state index contributed by atoms with van der Waals surface area (Å²) in [6, 6.07) is 20.8. The lowest BCUT2D eigenvalue weighted by atomic mass is 9.92.